The molecule has 1 aromatic carbocycles. The highest BCUT2D eigenvalue weighted by Gasteiger charge is 2.36. The average Bonchev–Trinajstić information content (AvgIpc) is 2.29. The monoisotopic (exact) mass is 250 g/mol. The predicted molar refractivity (Wildman–Crippen MR) is 50.7 cm³/mol. The molecule has 2 nitrogen and oxygen atoms in total. The van der Waals surface area contributed by atoms with Crippen LogP contribution in [0.1, 0.15) is 23.8 Å². The van der Waals surface area contributed by atoms with Crippen molar-refractivity contribution in [2.75, 3.05) is 13.2 Å². The molecular weight excluding hydrogens is 240 g/mol. The van der Waals surface area contributed by atoms with Crippen molar-refractivity contribution < 1.29 is 27.0 Å². The molecule has 1 heterocycles. The minimum Gasteiger partial charge on any atom is -0.348 e. The lowest BCUT2D eigenvalue weighted by Gasteiger charge is -2.25. The van der Waals surface area contributed by atoms with Gasteiger partial charge >= 0.3 is 6.18 Å². The van der Waals surface area contributed by atoms with Crippen molar-refractivity contribution in [3.05, 3.63) is 35.1 Å². The highest BCUT2D eigenvalue weighted by atomic mass is 19.4. The third-order valence-electron chi connectivity index (χ3n) is 2.40. The number of rotatable bonds is 1. The first kappa shape index (κ1) is 12.3. The molecule has 94 valence electrons. The van der Waals surface area contributed by atoms with E-state index in [1.807, 2.05) is 0 Å². The van der Waals surface area contributed by atoms with E-state index in [0.29, 0.717) is 25.7 Å². The maximum absolute atomic E-state index is 12.9. The van der Waals surface area contributed by atoms with Crippen molar-refractivity contribution in [1.29, 1.82) is 0 Å². The molecule has 0 atom stereocenters. The van der Waals surface area contributed by atoms with Gasteiger partial charge in [0.25, 0.3) is 0 Å². The van der Waals surface area contributed by atoms with E-state index >= 15 is 0 Å². The van der Waals surface area contributed by atoms with E-state index in [-0.39, 0.29) is 5.56 Å². The molecule has 1 saturated heterocycles. The van der Waals surface area contributed by atoms with Gasteiger partial charge in [0.1, 0.15) is 5.82 Å². The molecule has 0 amide bonds. The Balaban J connectivity index is 2.38. The zero-order chi connectivity index (χ0) is 12.5. The van der Waals surface area contributed by atoms with Crippen LogP contribution >= 0.6 is 0 Å². The van der Waals surface area contributed by atoms with Crippen LogP contribution in [0.25, 0.3) is 0 Å². The summed E-state index contributed by atoms with van der Waals surface area (Å²) in [5.41, 5.74) is -1.23. The van der Waals surface area contributed by atoms with E-state index in [4.69, 9.17) is 9.47 Å². The number of hydrogen-bond donors (Lipinski definition) is 0. The summed E-state index contributed by atoms with van der Waals surface area (Å²) in [5, 5.41) is 0. The van der Waals surface area contributed by atoms with Crippen LogP contribution < -0.4 is 0 Å². The van der Waals surface area contributed by atoms with Crippen molar-refractivity contribution >= 4 is 0 Å². The lowest BCUT2D eigenvalue weighted by molar-refractivity contribution is -0.189. The number of alkyl halides is 3. The number of ether oxygens (including phenoxy) is 2. The molecule has 17 heavy (non-hydrogen) atoms. The Bertz CT molecular complexity index is 397. The molecule has 1 fully saturated rings. The average molecular weight is 250 g/mol. The van der Waals surface area contributed by atoms with E-state index in [9.17, 15) is 17.6 Å². The van der Waals surface area contributed by atoms with Gasteiger partial charge in [-0.3, -0.25) is 0 Å². The third-order valence-corrected chi connectivity index (χ3v) is 2.40. The lowest BCUT2D eigenvalue weighted by atomic mass is 10.1. The second kappa shape index (κ2) is 4.62. The first-order valence-electron chi connectivity index (χ1n) is 5.08. The Morgan fingerprint density at radius 3 is 2.35 bits per heavy atom. The van der Waals surface area contributed by atoms with Gasteiger partial charge in [-0.1, -0.05) is 6.07 Å². The summed E-state index contributed by atoms with van der Waals surface area (Å²) >= 11 is 0. The summed E-state index contributed by atoms with van der Waals surface area (Å²) in [6.07, 6.45) is -5.05. The van der Waals surface area contributed by atoms with Crippen LogP contribution in [0.4, 0.5) is 17.6 Å². The molecule has 0 radical (unpaired) electrons. The van der Waals surface area contributed by atoms with Gasteiger partial charge in [-0.25, -0.2) is 4.39 Å². The fraction of sp³-hybridized carbons (Fsp3) is 0.455. The molecule has 1 aromatic rings. The van der Waals surface area contributed by atoms with Crippen molar-refractivity contribution in [1.82, 2.24) is 0 Å². The maximum Gasteiger partial charge on any atom is 0.416 e. The first-order chi connectivity index (χ1) is 7.98. The molecule has 0 bridgehead atoms. The van der Waals surface area contributed by atoms with Crippen LogP contribution in [-0.2, 0) is 15.7 Å². The van der Waals surface area contributed by atoms with Crippen molar-refractivity contribution in [3.8, 4) is 0 Å². The molecule has 0 unspecified atom stereocenters. The van der Waals surface area contributed by atoms with E-state index in [2.05, 4.69) is 0 Å². The highest BCUT2D eigenvalue weighted by Crippen LogP contribution is 2.37. The van der Waals surface area contributed by atoms with E-state index < -0.39 is 23.8 Å². The summed E-state index contributed by atoms with van der Waals surface area (Å²) in [6.45, 7) is 0.665. The Hall–Kier alpha value is -1.14. The van der Waals surface area contributed by atoms with Crippen molar-refractivity contribution in [2.45, 2.75) is 18.9 Å². The maximum atomic E-state index is 12.9. The SMILES string of the molecule is Fc1ccc(C2OCCCO2)c(C(F)(F)F)c1. The van der Waals surface area contributed by atoms with E-state index in [0.717, 1.165) is 12.1 Å². The summed E-state index contributed by atoms with van der Waals surface area (Å²) in [5.74, 6) is -0.933. The summed E-state index contributed by atoms with van der Waals surface area (Å²) in [7, 11) is 0. The molecule has 0 saturated carbocycles. The van der Waals surface area contributed by atoms with E-state index in [1.165, 1.54) is 0 Å². The fourth-order valence-corrected chi connectivity index (χ4v) is 1.65. The van der Waals surface area contributed by atoms with Crippen LogP contribution in [0.15, 0.2) is 18.2 Å². The minimum absolute atomic E-state index is 0.182. The van der Waals surface area contributed by atoms with Crippen molar-refractivity contribution in [2.24, 2.45) is 0 Å². The first-order valence-corrected chi connectivity index (χ1v) is 5.08. The molecule has 0 aliphatic carbocycles. The third kappa shape index (κ3) is 2.76. The topological polar surface area (TPSA) is 18.5 Å². The number of benzene rings is 1. The quantitative estimate of drug-likeness (QED) is 0.712. The summed E-state index contributed by atoms with van der Waals surface area (Å²) in [6, 6.07) is 2.47. The lowest BCUT2D eigenvalue weighted by Crippen LogP contribution is -2.21. The van der Waals surface area contributed by atoms with E-state index in [1.54, 1.807) is 0 Å². The van der Waals surface area contributed by atoms with Gasteiger partial charge in [0.15, 0.2) is 6.29 Å². The Morgan fingerprint density at radius 2 is 1.76 bits per heavy atom. The Morgan fingerprint density at radius 1 is 1.12 bits per heavy atom. The molecule has 6 heteroatoms. The van der Waals surface area contributed by atoms with Gasteiger partial charge < -0.3 is 9.47 Å². The molecule has 1 aliphatic rings. The molecule has 2 rings (SSSR count). The number of halogens is 4. The largest absolute Gasteiger partial charge is 0.416 e. The summed E-state index contributed by atoms with van der Waals surface area (Å²) in [4.78, 5) is 0. The van der Waals surface area contributed by atoms with Gasteiger partial charge in [0.2, 0.25) is 0 Å². The van der Waals surface area contributed by atoms with Crippen LogP contribution in [0.3, 0.4) is 0 Å². The van der Waals surface area contributed by atoms with Gasteiger partial charge in [-0.15, -0.1) is 0 Å². The molecule has 0 aromatic heterocycles. The van der Waals surface area contributed by atoms with Gasteiger partial charge in [-0.2, -0.15) is 13.2 Å². The Kier molecular flexibility index (Phi) is 3.35. The van der Waals surface area contributed by atoms with Gasteiger partial charge in [0, 0.05) is 5.56 Å². The zero-order valence-electron chi connectivity index (χ0n) is 8.76. The molecule has 0 N–H and O–H groups in total. The number of hydrogen-bond acceptors (Lipinski definition) is 2. The summed E-state index contributed by atoms with van der Waals surface area (Å²) < 4.78 is 61.2. The Labute approximate surface area is 95.1 Å². The molecule has 1 aliphatic heterocycles. The normalized spacial score (nSPS) is 18.4. The smallest absolute Gasteiger partial charge is 0.348 e. The minimum atomic E-state index is -4.62. The van der Waals surface area contributed by atoms with Crippen LogP contribution in [0, 0.1) is 5.82 Å². The zero-order valence-corrected chi connectivity index (χ0v) is 8.76. The molecule has 0 spiro atoms. The second-order valence-electron chi connectivity index (χ2n) is 3.66. The van der Waals surface area contributed by atoms with Crippen LogP contribution in [-0.4, -0.2) is 13.2 Å². The van der Waals surface area contributed by atoms with Gasteiger partial charge in [0.05, 0.1) is 18.8 Å². The van der Waals surface area contributed by atoms with Crippen LogP contribution in [0.5, 0.6) is 0 Å². The fourth-order valence-electron chi connectivity index (χ4n) is 1.65. The second-order valence-corrected chi connectivity index (χ2v) is 3.66. The predicted octanol–water partition coefficient (Wildman–Crippen LogP) is 3.28. The molecular formula is C11H10F4O2. The highest BCUT2D eigenvalue weighted by molar-refractivity contribution is 5.31. The standard InChI is InChI=1S/C11H10F4O2/c12-7-2-3-8(9(6-7)11(13,14)15)10-16-4-1-5-17-10/h2-3,6,10H,1,4-5H2. The van der Waals surface area contributed by atoms with Crippen molar-refractivity contribution in [3.63, 3.8) is 0 Å². The van der Waals surface area contributed by atoms with Gasteiger partial charge in [-0.05, 0) is 18.6 Å². The van der Waals surface area contributed by atoms with Crippen LogP contribution in [0.2, 0.25) is 0 Å².